The molecule has 1 saturated heterocycles. The molecule has 2 aromatic heterocycles. The van der Waals surface area contributed by atoms with Crippen LogP contribution in [0.5, 0.6) is 0 Å². The first-order chi connectivity index (χ1) is 17.9. The van der Waals surface area contributed by atoms with Crippen LogP contribution < -0.4 is 10.5 Å². The third kappa shape index (κ3) is 5.01. The number of carbonyl (C=O) groups is 2. The summed E-state index contributed by atoms with van der Waals surface area (Å²) in [4.78, 5) is 33.2. The minimum atomic E-state index is -3.97. The summed E-state index contributed by atoms with van der Waals surface area (Å²) in [7, 11) is -3.97. The van der Waals surface area contributed by atoms with Crippen molar-refractivity contribution >= 4 is 50.0 Å². The van der Waals surface area contributed by atoms with Crippen molar-refractivity contribution in [2.24, 2.45) is 5.73 Å². The maximum Gasteiger partial charge on any atom is 0.275 e. The first-order valence-corrected chi connectivity index (χ1v) is 13.7. The van der Waals surface area contributed by atoms with Gasteiger partial charge in [0.2, 0.25) is 0 Å². The summed E-state index contributed by atoms with van der Waals surface area (Å²) in [6.45, 7) is 1.51. The van der Waals surface area contributed by atoms with Crippen molar-refractivity contribution in [3.05, 3.63) is 76.9 Å². The number of hydrogen-bond acceptors (Lipinski definition) is 9. The Bertz CT molecular complexity index is 1560. The van der Waals surface area contributed by atoms with E-state index in [1.165, 1.54) is 6.07 Å². The molecule has 37 heavy (non-hydrogen) atoms. The number of fused-ring (bicyclic) bond motifs is 1. The van der Waals surface area contributed by atoms with E-state index in [0.717, 1.165) is 11.5 Å². The van der Waals surface area contributed by atoms with E-state index in [4.69, 9.17) is 5.73 Å². The number of piperazine rings is 1. The van der Waals surface area contributed by atoms with Crippen LogP contribution in [0.4, 0.5) is 5.69 Å². The van der Waals surface area contributed by atoms with Gasteiger partial charge in [-0.15, -0.1) is 5.10 Å². The number of anilines is 1. The highest BCUT2D eigenvalue weighted by Crippen LogP contribution is 2.26. The number of aromatic nitrogens is 3. The van der Waals surface area contributed by atoms with E-state index in [1.54, 1.807) is 63.8 Å². The molecule has 0 atom stereocenters. The number of hydrogen-bond donors (Lipinski definition) is 2. The van der Waals surface area contributed by atoms with Crippen molar-refractivity contribution in [1.29, 1.82) is 0 Å². The molecular weight excluding hydrogens is 514 g/mol. The van der Waals surface area contributed by atoms with Crippen molar-refractivity contribution in [3.8, 4) is 0 Å². The normalized spacial score (nSPS) is 14.1. The fourth-order valence-electron chi connectivity index (χ4n) is 4.20. The van der Waals surface area contributed by atoms with Crippen LogP contribution in [-0.4, -0.2) is 70.8 Å². The van der Waals surface area contributed by atoms with Crippen LogP contribution in [0.15, 0.2) is 65.0 Å². The molecule has 3 heterocycles. The number of amides is 2. The SMILES string of the molecule is NCc1cc(C(=O)N2CCN(C(=O)c3csnn3)CC2)ccc1NS(=O)(=O)c1cccc2cccnc12. The maximum atomic E-state index is 13.2. The van der Waals surface area contributed by atoms with E-state index >= 15 is 0 Å². The van der Waals surface area contributed by atoms with Gasteiger partial charge in [-0.1, -0.05) is 22.7 Å². The molecule has 3 N–H and O–H groups in total. The van der Waals surface area contributed by atoms with Crippen molar-refractivity contribution in [1.82, 2.24) is 24.4 Å². The molecule has 0 bridgehead atoms. The summed E-state index contributed by atoms with van der Waals surface area (Å²) in [6.07, 6.45) is 1.54. The molecule has 1 fully saturated rings. The first kappa shape index (κ1) is 24.7. The Balaban J connectivity index is 1.31. The Hall–Kier alpha value is -3.94. The summed E-state index contributed by atoms with van der Waals surface area (Å²) >= 11 is 1.11. The molecule has 13 heteroatoms. The van der Waals surface area contributed by atoms with Gasteiger partial charge in [0.15, 0.2) is 5.69 Å². The number of para-hydroxylation sites is 1. The van der Waals surface area contributed by atoms with E-state index < -0.39 is 10.0 Å². The predicted molar refractivity (Wildman–Crippen MR) is 139 cm³/mol. The average Bonchev–Trinajstić information content (AvgIpc) is 3.47. The van der Waals surface area contributed by atoms with Gasteiger partial charge in [0.1, 0.15) is 4.90 Å². The Morgan fingerprint density at radius 2 is 1.73 bits per heavy atom. The van der Waals surface area contributed by atoms with E-state index in [1.807, 2.05) is 0 Å². The lowest BCUT2D eigenvalue weighted by molar-refractivity contribution is 0.0532. The van der Waals surface area contributed by atoms with E-state index in [9.17, 15) is 18.0 Å². The van der Waals surface area contributed by atoms with E-state index in [2.05, 4.69) is 19.3 Å². The minimum Gasteiger partial charge on any atom is -0.335 e. The van der Waals surface area contributed by atoms with Gasteiger partial charge in [-0.05, 0) is 47.4 Å². The minimum absolute atomic E-state index is 0.0245. The number of rotatable bonds is 6. The molecular formula is C24H23N7O4S2. The van der Waals surface area contributed by atoms with Gasteiger partial charge < -0.3 is 15.5 Å². The van der Waals surface area contributed by atoms with Crippen LogP contribution in [-0.2, 0) is 16.6 Å². The molecule has 190 valence electrons. The number of nitrogens with two attached hydrogens (primary N) is 1. The number of sulfonamides is 1. The lowest BCUT2D eigenvalue weighted by Crippen LogP contribution is -2.50. The molecule has 0 radical (unpaired) electrons. The fraction of sp³-hybridized carbons (Fsp3) is 0.208. The van der Waals surface area contributed by atoms with Crippen LogP contribution in [0.3, 0.4) is 0 Å². The van der Waals surface area contributed by atoms with Crippen LogP contribution in [0.2, 0.25) is 0 Å². The van der Waals surface area contributed by atoms with Gasteiger partial charge in [0.05, 0.1) is 11.2 Å². The van der Waals surface area contributed by atoms with Crippen molar-refractivity contribution in [2.75, 3.05) is 30.9 Å². The topological polar surface area (TPSA) is 151 Å². The van der Waals surface area contributed by atoms with Gasteiger partial charge in [0.25, 0.3) is 21.8 Å². The monoisotopic (exact) mass is 537 g/mol. The van der Waals surface area contributed by atoms with Gasteiger partial charge in [-0.3, -0.25) is 19.3 Å². The maximum absolute atomic E-state index is 13.2. The molecule has 1 aliphatic heterocycles. The van der Waals surface area contributed by atoms with Gasteiger partial charge in [0, 0.05) is 55.3 Å². The third-order valence-electron chi connectivity index (χ3n) is 6.13. The molecule has 1 aliphatic rings. The highest BCUT2D eigenvalue weighted by atomic mass is 32.2. The number of nitrogens with zero attached hydrogens (tertiary/aromatic N) is 5. The highest BCUT2D eigenvalue weighted by Gasteiger charge is 2.27. The van der Waals surface area contributed by atoms with Crippen LogP contribution in [0, 0.1) is 0 Å². The zero-order valence-corrected chi connectivity index (χ0v) is 21.2. The Morgan fingerprint density at radius 1 is 1.00 bits per heavy atom. The Kier molecular flexibility index (Phi) is 6.82. The predicted octanol–water partition coefficient (Wildman–Crippen LogP) is 1.94. The fourth-order valence-corrected chi connectivity index (χ4v) is 5.91. The molecule has 0 spiro atoms. The molecule has 2 amide bonds. The lowest BCUT2D eigenvalue weighted by atomic mass is 10.1. The van der Waals surface area contributed by atoms with E-state index in [0.29, 0.717) is 59.6 Å². The smallest absolute Gasteiger partial charge is 0.275 e. The molecule has 11 nitrogen and oxygen atoms in total. The van der Waals surface area contributed by atoms with Crippen LogP contribution >= 0.6 is 11.5 Å². The van der Waals surface area contributed by atoms with Gasteiger partial charge >= 0.3 is 0 Å². The second-order valence-corrected chi connectivity index (χ2v) is 10.6. The zero-order valence-electron chi connectivity index (χ0n) is 19.6. The second kappa shape index (κ2) is 10.2. The summed E-state index contributed by atoms with van der Waals surface area (Å²) in [5, 5.41) is 6.11. The first-order valence-electron chi connectivity index (χ1n) is 11.4. The number of carbonyl (C=O) groups excluding carboxylic acids is 2. The quantitative estimate of drug-likeness (QED) is 0.379. The molecule has 0 unspecified atom stereocenters. The molecule has 0 saturated carbocycles. The highest BCUT2D eigenvalue weighted by molar-refractivity contribution is 7.93. The zero-order chi connectivity index (χ0) is 26.0. The average molecular weight is 538 g/mol. The molecule has 5 rings (SSSR count). The standard InChI is InChI=1S/C24H23N7O4S2/c25-14-18-13-17(23(32)30-9-11-31(12-10-30)24(33)20-15-36-29-27-20)6-7-19(18)28-37(34,35)21-5-1-3-16-4-2-8-26-22(16)21/h1-8,13,15,28H,9-12,14,25H2. The number of benzene rings is 2. The summed E-state index contributed by atoms with van der Waals surface area (Å²) in [5.74, 6) is -0.422. The molecule has 2 aromatic carbocycles. The van der Waals surface area contributed by atoms with Gasteiger partial charge in [-0.2, -0.15) is 0 Å². The van der Waals surface area contributed by atoms with Crippen LogP contribution in [0.1, 0.15) is 26.4 Å². The summed E-state index contributed by atoms with van der Waals surface area (Å²) in [5.41, 5.74) is 7.74. The summed E-state index contributed by atoms with van der Waals surface area (Å²) in [6, 6.07) is 13.2. The van der Waals surface area contributed by atoms with Gasteiger partial charge in [-0.25, -0.2) is 8.42 Å². The third-order valence-corrected chi connectivity index (χ3v) is 8.04. The lowest BCUT2D eigenvalue weighted by Gasteiger charge is -2.34. The van der Waals surface area contributed by atoms with Crippen molar-refractivity contribution < 1.29 is 18.0 Å². The Labute approximate surface area is 217 Å². The van der Waals surface area contributed by atoms with Crippen molar-refractivity contribution in [3.63, 3.8) is 0 Å². The van der Waals surface area contributed by atoms with Crippen molar-refractivity contribution in [2.45, 2.75) is 11.4 Å². The largest absolute Gasteiger partial charge is 0.335 e. The summed E-state index contributed by atoms with van der Waals surface area (Å²) < 4.78 is 32.7. The number of pyridine rings is 1. The molecule has 4 aromatic rings. The number of nitrogens with one attached hydrogen (secondary N) is 1. The second-order valence-electron chi connectivity index (χ2n) is 8.39. The molecule has 0 aliphatic carbocycles. The van der Waals surface area contributed by atoms with Crippen LogP contribution in [0.25, 0.3) is 10.9 Å². The van der Waals surface area contributed by atoms with E-state index in [-0.39, 0.29) is 23.3 Å². The Morgan fingerprint density at radius 3 is 2.43 bits per heavy atom.